The van der Waals surface area contributed by atoms with Crippen molar-refractivity contribution in [3.8, 4) is 10.4 Å². The zero-order valence-electron chi connectivity index (χ0n) is 8.16. The molecule has 0 N–H and O–H groups in total. The quantitative estimate of drug-likeness (QED) is 0.715. The monoisotopic (exact) mass is 236 g/mol. The van der Waals surface area contributed by atoms with Crippen molar-refractivity contribution in [2.24, 2.45) is 0 Å². The summed E-state index contributed by atoms with van der Waals surface area (Å²) >= 11 is 7.51. The Morgan fingerprint density at radius 1 is 1.27 bits per heavy atom. The number of benzene rings is 1. The molecule has 0 bridgehead atoms. The van der Waals surface area contributed by atoms with Gasteiger partial charge in [0.1, 0.15) is 0 Å². The molecule has 2 rings (SSSR count). The van der Waals surface area contributed by atoms with E-state index in [2.05, 4.69) is 0 Å². The van der Waals surface area contributed by atoms with Crippen LogP contribution in [0.4, 0.5) is 0 Å². The molecule has 3 heteroatoms. The van der Waals surface area contributed by atoms with Gasteiger partial charge in [0.25, 0.3) is 0 Å². The van der Waals surface area contributed by atoms with Crippen LogP contribution in [0.1, 0.15) is 15.2 Å². The molecule has 0 amide bonds. The zero-order valence-corrected chi connectivity index (χ0v) is 9.73. The van der Waals surface area contributed by atoms with E-state index in [1.54, 1.807) is 23.5 Å². The number of hydrogen-bond acceptors (Lipinski definition) is 2. The Morgan fingerprint density at radius 3 is 2.67 bits per heavy atom. The van der Waals surface area contributed by atoms with Gasteiger partial charge in [-0.05, 0) is 31.2 Å². The van der Waals surface area contributed by atoms with E-state index >= 15 is 0 Å². The van der Waals surface area contributed by atoms with Gasteiger partial charge in [-0.1, -0.05) is 17.7 Å². The molecule has 0 radical (unpaired) electrons. The molecule has 0 saturated carbocycles. The lowest BCUT2D eigenvalue weighted by molar-refractivity contribution is 0.112. The molecule has 0 fully saturated rings. The Balaban J connectivity index is 2.57. The van der Waals surface area contributed by atoms with Crippen LogP contribution in [0.5, 0.6) is 0 Å². The minimum Gasteiger partial charge on any atom is -0.298 e. The van der Waals surface area contributed by atoms with Crippen molar-refractivity contribution >= 4 is 29.2 Å². The molecule has 0 atom stereocenters. The number of thiophene rings is 1. The van der Waals surface area contributed by atoms with Crippen molar-refractivity contribution in [1.82, 2.24) is 0 Å². The Bertz CT molecular complexity index is 502. The van der Waals surface area contributed by atoms with E-state index in [4.69, 9.17) is 11.6 Å². The number of halogens is 1. The fraction of sp³-hybridized carbons (Fsp3) is 0.0833. The number of carbonyl (C=O) groups excluding carboxylic acids is 1. The van der Waals surface area contributed by atoms with E-state index in [9.17, 15) is 4.79 Å². The molecule has 1 nitrogen and oxygen atoms in total. The van der Waals surface area contributed by atoms with Crippen molar-refractivity contribution in [2.45, 2.75) is 6.92 Å². The highest BCUT2D eigenvalue weighted by atomic mass is 35.5. The summed E-state index contributed by atoms with van der Waals surface area (Å²) in [4.78, 5) is 13.2. The molecule has 0 aliphatic rings. The van der Waals surface area contributed by atoms with E-state index in [-0.39, 0.29) is 0 Å². The highest BCUT2D eigenvalue weighted by Gasteiger charge is 2.06. The summed E-state index contributed by atoms with van der Waals surface area (Å²) < 4.78 is 0. The SMILES string of the molecule is Cc1ccc(-c2ccc(Cl)cc2C=O)s1. The van der Waals surface area contributed by atoms with Crippen LogP contribution in [0, 0.1) is 6.92 Å². The highest BCUT2D eigenvalue weighted by Crippen LogP contribution is 2.31. The van der Waals surface area contributed by atoms with Gasteiger partial charge < -0.3 is 0 Å². The van der Waals surface area contributed by atoms with Gasteiger partial charge in [-0.3, -0.25) is 4.79 Å². The van der Waals surface area contributed by atoms with Gasteiger partial charge in [-0.2, -0.15) is 0 Å². The zero-order chi connectivity index (χ0) is 10.8. The lowest BCUT2D eigenvalue weighted by Gasteiger charge is -2.01. The van der Waals surface area contributed by atoms with Crippen molar-refractivity contribution in [3.63, 3.8) is 0 Å². The van der Waals surface area contributed by atoms with Gasteiger partial charge in [0.2, 0.25) is 0 Å². The maximum atomic E-state index is 10.9. The highest BCUT2D eigenvalue weighted by molar-refractivity contribution is 7.15. The number of rotatable bonds is 2. The minimum absolute atomic E-state index is 0.592. The topological polar surface area (TPSA) is 17.1 Å². The maximum Gasteiger partial charge on any atom is 0.150 e. The Kier molecular flexibility index (Phi) is 2.89. The summed E-state index contributed by atoms with van der Waals surface area (Å²) in [7, 11) is 0. The summed E-state index contributed by atoms with van der Waals surface area (Å²) in [6.07, 6.45) is 0.844. The van der Waals surface area contributed by atoms with E-state index < -0.39 is 0 Å². The van der Waals surface area contributed by atoms with E-state index in [0.717, 1.165) is 16.7 Å². The van der Waals surface area contributed by atoms with Crippen LogP contribution < -0.4 is 0 Å². The summed E-state index contributed by atoms with van der Waals surface area (Å²) in [5.74, 6) is 0. The number of aldehydes is 1. The lowest BCUT2D eigenvalue weighted by Crippen LogP contribution is -1.84. The Morgan fingerprint density at radius 2 is 2.07 bits per heavy atom. The third-order valence-electron chi connectivity index (χ3n) is 2.15. The molecule has 1 aromatic carbocycles. The average Bonchev–Trinajstić information content (AvgIpc) is 2.64. The predicted molar refractivity (Wildman–Crippen MR) is 64.9 cm³/mol. The molecule has 0 saturated heterocycles. The number of hydrogen-bond donors (Lipinski definition) is 0. The van der Waals surface area contributed by atoms with Crippen LogP contribution in [0.3, 0.4) is 0 Å². The van der Waals surface area contributed by atoms with Gasteiger partial charge in [0, 0.05) is 25.9 Å². The van der Waals surface area contributed by atoms with Gasteiger partial charge in [0.05, 0.1) is 0 Å². The molecule has 1 heterocycles. The average molecular weight is 237 g/mol. The van der Waals surface area contributed by atoms with E-state index in [1.807, 2.05) is 25.1 Å². The van der Waals surface area contributed by atoms with Crippen molar-refractivity contribution < 1.29 is 4.79 Å². The number of aryl methyl sites for hydroxylation is 1. The molecule has 0 unspecified atom stereocenters. The lowest BCUT2D eigenvalue weighted by atomic mass is 10.1. The second-order valence-corrected chi connectivity index (χ2v) is 4.98. The third-order valence-corrected chi connectivity index (χ3v) is 3.42. The normalized spacial score (nSPS) is 10.3. The molecule has 76 valence electrons. The molecule has 0 aliphatic heterocycles. The van der Waals surface area contributed by atoms with Gasteiger partial charge >= 0.3 is 0 Å². The van der Waals surface area contributed by atoms with Crippen molar-refractivity contribution in [1.29, 1.82) is 0 Å². The van der Waals surface area contributed by atoms with Crippen molar-refractivity contribution in [3.05, 3.63) is 45.8 Å². The van der Waals surface area contributed by atoms with Gasteiger partial charge in [-0.25, -0.2) is 0 Å². The fourth-order valence-electron chi connectivity index (χ4n) is 1.43. The predicted octanol–water partition coefficient (Wildman–Crippen LogP) is 4.19. The first kappa shape index (κ1) is 10.4. The van der Waals surface area contributed by atoms with Crippen LogP contribution in [0.2, 0.25) is 5.02 Å². The Labute approximate surface area is 97.3 Å². The Hall–Kier alpha value is -1.12. The molecule has 1 aromatic heterocycles. The van der Waals surface area contributed by atoms with E-state index in [1.165, 1.54) is 4.88 Å². The standard InChI is InChI=1S/C12H9ClOS/c1-8-2-5-12(15-8)11-4-3-10(13)6-9(11)7-14/h2-7H,1H3. The first-order valence-electron chi connectivity index (χ1n) is 4.52. The smallest absolute Gasteiger partial charge is 0.150 e. The summed E-state index contributed by atoms with van der Waals surface area (Å²) in [5.41, 5.74) is 1.59. The van der Waals surface area contributed by atoms with Crippen LogP contribution >= 0.6 is 22.9 Å². The first-order valence-corrected chi connectivity index (χ1v) is 5.71. The van der Waals surface area contributed by atoms with Crippen LogP contribution in [-0.4, -0.2) is 6.29 Å². The summed E-state index contributed by atoms with van der Waals surface area (Å²) in [6, 6.07) is 9.45. The second-order valence-electron chi connectivity index (χ2n) is 3.26. The van der Waals surface area contributed by atoms with Gasteiger partial charge in [0.15, 0.2) is 6.29 Å². The van der Waals surface area contributed by atoms with Crippen molar-refractivity contribution in [2.75, 3.05) is 0 Å². The van der Waals surface area contributed by atoms with Crippen LogP contribution in [0.15, 0.2) is 30.3 Å². The molecule has 15 heavy (non-hydrogen) atoms. The first-order chi connectivity index (χ1) is 7.20. The largest absolute Gasteiger partial charge is 0.298 e. The number of carbonyl (C=O) groups is 1. The molecule has 0 spiro atoms. The molecular formula is C12H9ClOS. The fourth-order valence-corrected chi connectivity index (χ4v) is 2.53. The van der Waals surface area contributed by atoms with Crippen LogP contribution in [-0.2, 0) is 0 Å². The van der Waals surface area contributed by atoms with Gasteiger partial charge in [-0.15, -0.1) is 11.3 Å². The molecule has 2 aromatic rings. The summed E-state index contributed by atoms with van der Waals surface area (Å²) in [6.45, 7) is 2.05. The third kappa shape index (κ3) is 2.11. The molecular weight excluding hydrogens is 228 g/mol. The van der Waals surface area contributed by atoms with Crippen LogP contribution in [0.25, 0.3) is 10.4 Å². The maximum absolute atomic E-state index is 10.9. The summed E-state index contributed by atoms with van der Waals surface area (Å²) in [5, 5.41) is 0.592. The van der Waals surface area contributed by atoms with E-state index in [0.29, 0.717) is 10.6 Å². The minimum atomic E-state index is 0.592. The molecule has 0 aliphatic carbocycles. The second kappa shape index (κ2) is 4.17.